The lowest BCUT2D eigenvalue weighted by molar-refractivity contribution is -0.132. The second kappa shape index (κ2) is 7.94. The summed E-state index contributed by atoms with van der Waals surface area (Å²) in [6.07, 6.45) is 6.31. The van der Waals surface area contributed by atoms with Crippen LogP contribution in [0.25, 0.3) is 11.8 Å². The van der Waals surface area contributed by atoms with Gasteiger partial charge in [0.2, 0.25) is 0 Å². The molecule has 0 bridgehead atoms. The molecule has 1 aliphatic heterocycles. The second-order valence-electron chi connectivity index (χ2n) is 8.29. The molecule has 4 rings (SSSR count). The molecule has 30 heavy (non-hydrogen) atoms. The highest BCUT2D eigenvalue weighted by Crippen LogP contribution is 2.28. The topological polar surface area (TPSA) is 71.4 Å². The Bertz CT molecular complexity index is 1060. The van der Waals surface area contributed by atoms with Gasteiger partial charge in [-0.05, 0) is 69.0 Å². The molecule has 1 aromatic heterocycles. The SMILES string of the molecule is Cc1cccc(-n2c(C)cc(C=C3C(=O)NC(=O)N(C4CCCCC4)C3=O)c2C)c1. The van der Waals surface area contributed by atoms with E-state index >= 15 is 0 Å². The van der Waals surface area contributed by atoms with E-state index in [1.54, 1.807) is 6.08 Å². The highest BCUT2D eigenvalue weighted by molar-refractivity contribution is 6.31. The number of hydrogen-bond donors (Lipinski definition) is 1. The summed E-state index contributed by atoms with van der Waals surface area (Å²) in [7, 11) is 0. The van der Waals surface area contributed by atoms with Gasteiger partial charge in [0.15, 0.2) is 0 Å². The Morgan fingerprint density at radius 1 is 1.00 bits per heavy atom. The van der Waals surface area contributed by atoms with Crippen molar-refractivity contribution in [2.24, 2.45) is 0 Å². The summed E-state index contributed by atoms with van der Waals surface area (Å²) < 4.78 is 2.11. The van der Waals surface area contributed by atoms with Crippen molar-refractivity contribution in [1.82, 2.24) is 14.8 Å². The van der Waals surface area contributed by atoms with Gasteiger partial charge >= 0.3 is 6.03 Å². The van der Waals surface area contributed by atoms with Crippen LogP contribution in [0.15, 0.2) is 35.9 Å². The summed E-state index contributed by atoms with van der Waals surface area (Å²) in [5, 5.41) is 2.36. The number of carbonyl (C=O) groups is 3. The van der Waals surface area contributed by atoms with E-state index in [-0.39, 0.29) is 11.6 Å². The molecule has 0 spiro atoms. The van der Waals surface area contributed by atoms with E-state index in [2.05, 4.69) is 16.0 Å². The number of hydrogen-bond acceptors (Lipinski definition) is 3. The maximum absolute atomic E-state index is 13.1. The number of nitrogens with one attached hydrogen (secondary N) is 1. The Balaban J connectivity index is 1.71. The normalized spacial score (nSPS) is 19.5. The van der Waals surface area contributed by atoms with Crippen LogP contribution in [0.1, 0.15) is 54.6 Å². The lowest BCUT2D eigenvalue weighted by Gasteiger charge is -2.35. The van der Waals surface area contributed by atoms with E-state index in [9.17, 15) is 14.4 Å². The molecule has 4 amide bonds. The number of urea groups is 1. The monoisotopic (exact) mass is 405 g/mol. The van der Waals surface area contributed by atoms with Crippen molar-refractivity contribution < 1.29 is 14.4 Å². The molecular formula is C24H27N3O3. The van der Waals surface area contributed by atoms with Gasteiger partial charge < -0.3 is 4.57 Å². The minimum absolute atomic E-state index is 0.0182. The third-order valence-electron chi connectivity index (χ3n) is 6.10. The molecular weight excluding hydrogens is 378 g/mol. The molecule has 1 aromatic carbocycles. The van der Waals surface area contributed by atoms with Crippen LogP contribution in [0, 0.1) is 20.8 Å². The van der Waals surface area contributed by atoms with Gasteiger partial charge in [-0.15, -0.1) is 0 Å². The van der Waals surface area contributed by atoms with Crippen LogP contribution < -0.4 is 5.32 Å². The Labute approximate surface area is 176 Å². The van der Waals surface area contributed by atoms with Crippen molar-refractivity contribution in [3.63, 3.8) is 0 Å². The van der Waals surface area contributed by atoms with Crippen LogP contribution in [-0.2, 0) is 9.59 Å². The standard InChI is InChI=1S/C24H27N3O3/c1-15-8-7-11-20(12-15)26-16(2)13-18(17(26)3)14-21-22(28)25-24(30)27(23(21)29)19-9-5-4-6-10-19/h7-8,11-14,19H,4-6,9-10H2,1-3H3,(H,25,28,30). The summed E-state index contributed by atoms with van der Waals surface area (Å²) in [5.41, 5.74) is 4.95. The third-order valence-corrected chi connectivity index (χ3v) is 6.10. The minimum Gasteiger partial charge on any atom is -0.318 e. The zero-order valence-electron chi connectivity index (χ0n) is 17.7. The lowest BCUT2D eigenvalue weighted by atomic mass is 9.93. The van der Waals surface area contributed by atoms with Gasteiger partial charge in [0, 0.05) is 23.1 Å². The number of amides is 4. The maximum Gasteiger partial charge on any atom is 0.331 e. The fraction of sp³-hybridized carbons (Fsp3) is 0.375. The van der Waals surface area contributed by atoms with E-state index in [0.29, 0.717) is 0 Å². The van der Waals surface area contributed by atoms with Gasteiger partial charge in [0.1, 0.15) is 5.57 Å². The Hall–Kier alpha value is -3.15. The van der Waals surface area contributed by atoms with Crippen LogP contribution in [0.4, 0.5) is 4.79 Å². The van der Waals surface area contributed by atoms with E-state index in [1.165, 1.54) is 4.90 Å². The van der Waals surface area contributed by atoms with E-state index in [4.69, 9.17) is 0 Å². The minimum atomic E-state index is -0.627. The quantitative estimate of drug-likeness (QED) is 0.615. The Morgan fingerprint density at radius 3 is 2.43 bits per heavy atom. The number of nitrogens with zero attached hydrogens (tertiary/aromatic N) is 2. The second-order valence-corrected chi connectivity index (χ2v) is 8.29. The molecule has 0 unspecified atom stereocenters. The first-order chi connectivity index (χ1) is 14.4. The van der Waals surface area contributed by atoms with Crippen LogP contribution in [0.5, 0.6) is 0 Å². The van der Waals surface area contributed by atoms with E-state index in [0.717, 1.165) is 60.3 Å². The van der Waals surface area contributed by atoms with Crippen molar-refractivity contribution in [2.75, 3.05) is 0 Å². The number of rotatable bonds is 3. The van der Waals surface area contributed by atoms with Gasteiger partial charge in [-0.25, -0.2) is 4.79 Å². The van der Waals surface area contributed by atoms with Crippen LogP contribution in [0.2, 0.25) is 0 Å². The molecule has 1 saturated heterocycles. The lowest BCUT2D eigenvalue weighted by Crippen LogP contribution is -2.58. The molecule has 0 atom stereocenters. The molecule has 2 heterocycles. The van der Waals surface area contributed by atoms with Gasteiger partial charge in [-0.1, -0.05) is 31.4 Å². The molecule has 1 aliphatic carbocycles. The first kappa shape index (κ1) is 20.1. The average Bonchev–Trinajstić information content (AvgIpc) is 2.99. The molecule has 2 aliphatic rings. The zero-order valence-corrected chi connectivity index (χ0v) is 17.7. The summed E-state index contributed by atoms with van der Waals surface area (Å²) in [5.74, 6) is -1.12. The largest absolute Gasteiger partial charge is 0.331 e. The fourth-order valence-electron chi connectivity index (χ4n) is 4.60. The van der Waals surface area contributed by atoms with Crippen molar-refractivity contribution in [2.45, 2.75) is 58.9 Å². The molecule has 1 N–H and O–H groups in total. The van der Waals surface area contributed by atoms with Crippen molar-refractivity contribution in [3.05, 3.63) is 58.4 Å². The van der Waals surface area contributed by atoms with Gasteiger partial charge in [0.25, 0.3) is 11.8 Å². The molecule has 2 fully saturated rings. The van der Waals surface area contributed by atoms with Crippen LogP contribution >= 0.6 is 0 Å². The van der Waals surface area contributed by atoms with Crippen molar-refractivity contribution in [3.8, 4) is 5.69 Å². The number of barbiturate groups is 1. The van der Waals surface area contributed by atoms with Crippen LogP contribution in [-0.4, -0.2) is 33.4 Å². The highest BCUT2D eigenvalue weighted by atomic mass is 16.2. The van der Waals surface area contributed by atoms with Gasteiger partial charge in [0.05, 0.1) is 0 Å². The summed E-state index contributed by atoms with van der Waals surface area (Å²) in [6, 6.07) is 9.41. The number of carbonyl (C=O) groups excluding carboxylic acids is 3. The maximum atomic E-state index is 13.1. The summed E-state index contributed by atoms with van der Waals surface area (Å²) in [6.45, 7) is 6.01. The number of aromatic nitrogens is 1. The van der Waals surface area contributed by atoms with E-state index in [1.807, 2.05) is 45.0 Å². The first-order valence-electron chi connectivity index (χ1n) is 10.5. The average molecular weight is 405 g/mol. The molecule has 6 heteroatoms. The summed E-state index contributed by atoms with van der Waals surface area (Å²) in [4.78, 5) is 39.3. The number of benzene rings is 1. The zero-order chi connectivity index (χ0) is 21.4. The summed E-state index contributed by atoms with van der Waals surface area (Å²) >= 11 is 0. The highest BCUT2D eigenvalue weighted by Gasteiger charge is 2.40. The van der Waals surface area contributed by atoms with Crippen molar-refractivity contribution >= 4 is 23.9 Å². The smallest absolute Gasteiger partial charge is 0.318 e. The third kappa shape index (κ3) is 3.58. The molecule has 1 saturated carbocycles. The molecule has 0 radical (unpaired) electrons. The van der Waals surface area contributed by atoms with Gasteiger partial charge in [-0.3, -0.25) is 19.8 Å². The van der Waals surface area contributed by atoms with E-state index < -0.39 is 17.8 Å². The predicted octanol–water partition coefficient (Wildman–Crippen LogP) is 4.20. The number of imide groups is 2. The Kier molecular flexibility index (Phi) is 5.33. The van der Waals surface area contributed by atoms with Gasteiger partial charge in [-0.2, -0.15) is 0 Å². The molecule has 156 valence electrons. The number of aryl methyl sites for hydroxylation is 2. The Morgan fingerprint density at radius 2 is 1.73 bits per heavy atom. The first-order valence-corrected chi connectivity index (χ1v) is 10.5. The molecule has 2 aromatic rings. The van der Waals surface area contributed by atoms with Crippen LogP contribution in [0.3, 0.4) is 0 Å². The predicted molar refractivity (Wildman–Crippen MR) is 115 cm³/mol. The fourth-order valence-corrected chi connectivity index (χ4v) is 4.60. The molecule has 6 nitrogen and oxygen atoms in total. The van der Waals surface area contributed by atoms with Crippen molar-refractivity contribution in [1.29, 1.82) is 0 Å².